The summed E-state index contributed by atoms with van der Waals surface area (Å²) >= 11 is 0. The van der Waals surface area contributed by atoms with E-state index in [1.807, 2.05) is 19.1 Å². The molecular weight excluding hydrogens is 396 g/mol. The predicted molar refractivity (Wildman–Crippen MR) is 115 cm³/mol. The molecule has 3 N–H and O–H groups in total. The maximum Gasteiger partial charge on any atom is 0.329 e. The van der Waals surface area contributed by atoms with Gasteiger partial charge >= 0.3 is 6.03 Å². The zero-order valence-corrected chi connectivity index (χ0v) is 16.7. The third-order valence-corrected chi connectivity index (χ3v) is 4.80. The molecule has 0 saturated carbocycles. The van der Waals surface area contributed by atoms with Gasteiger partial charge in [-0.2, -0.15) is 0 Å². The van der Waals surface area contributed by atoms with Gasteiger partial charge in [0, 0.05) is 23.3 Å². The SMILES string of the molecule is Cc1ccc(NC(=O)CN2C(=O)N/C(=C\c3cccn3-c3ccc(O)cc3)C2=O)cc1. The molecule has 0 spiro atoms. The number of urea groups is 1. The maximum absolute atomic E-state index is 12.7. The van der Waals surface area contributed by atoms with Gasteiger partial charge in [-0.25, -0.2) is 9.69 Å². The van der Waals surface area contributed by atoms with Gasteiger partial charge in [0.05, 0.1) is 0 Å². The number of rotatable bonds is 5. The molecule has 0 aliphatic carbocycles. The summed E-state index contributed by atoms with van der Waals surface area (Å²) in [5.74, 6) is -0.905. The molecule has 8 nitrogen and oxygen atoms in total. The van der Waals surface area contributed by atoms with Crippen LogP contribution in [0.3, 0.4) is 0 Å². The van der Waals surface area contributed by atoms with Crippen molar-refractivity contribution < 1.29 is 19.5 Å². The highest BCUT2D eigenvalue weighted by atomic mass is 16.3. The molecule has 31 heavy (non-hydrogen) atoms. The number of phenols is 1. The number of carbonyl (C=O) groups excluding carboxylic acids is 3. The summed E-state index contributed by atoms with van der Waals surface area (Å²) in [7, 11) is 0. The summed E-state index contributed by atoms with van der Waals surface area (Å²) in [6.45, 7) is 1.54. The van der Waals surface area contributed by atoms with E-state index in [2.05, 4.69) is 10.6 Å². The number of benzene rings is 2. The summed E-state index contributed by atoms with van der Waals surface area (Å²) in [4.78, 5) is 38.2. The third kappa shape index (κ3) is 4.32. The van der Waals surface area contributed by atoms with Gasteiger partial charge in [0.2, 0.25) is 5.91 Å². The Labute approximate surface area is 178 Å². The average Bonchev–Trinajstić information content (AvgIpc) is 3.30. The second-order valence-electron chi connectivity index (χ2n) is 7.11. The molecule has 0 unspecified atom stereocenters. The Morgan fingerprint density at radius 3 is 2.48 bits per heavy atom. The quantitative estimate of drug-likeness (QED) is 0.439. The minimum absolute atomic E-state index is 0.0758. The molecule has 1 aliphatic heterocycles. The lowest BCUT2D eigenvalue weighted by molar-refractivity contribution is -0.127. The van der Waals surface area contributed by atoms with Crippen molar-refractivity contribution in [1.29, 1.82) is 0 Å². The number of carbonyl (C=O) groups is 3. The Kier molecular flexibility index (Phi) is 5.28. The van der Waals surface area contributed by atoms with Crippen molar-refractivity contribution in [3.05, 3.63) is 83.8 Å². The minimum Gasteiger partial charge on any atom is -0.508 e. The fraction of sp³-hybridized carbons (Fsp3) is 0.0870. The second kappa shape index (κ2) is 8.19. The Hall–Kier alpha value is -4.33. The van der Waals surface area contributed by atoms with E-state index in [0.29, 0.717) is 11.4 Å². The molecule has 1 aliphatic rings. The largest absolute Gasteiger partial charge is 0.508 e. The van der Waals surface area contributed by atoms with Gasteiger partial charge in [0.25, 0.3) is 5.91 Å². The van der Waals surface area contributed by atoms with Gasteiger partial charge < -0.3 is 20.3 Å². The lowest BCUT2D eigenvalue weighted by atomic mass is 10.2. The van der Waals surface area contributed by atoms with Crippen molar-refractivity contribution in [1.82, 2.24) is 14.8 Å². The van der Waals surface area contributed by atoms with E-state index < -0.39 is 24.4 Å². The summed E-state index contributed by atoms with van der Waals surface area (Å²) in [6, 6.07) is 16.7. The van der Waals surface area contributed by atoms with Crippen molar-refractivity contribution in [3.8, 4) is 11.4 Å². The first kappa shape index (κ1) is 20.0. The summed E-state index contributed by atoms with van der Waals surface area (Å²) in [6.07, 6.45) is 3.35. The number of aromatic nitrogens is 1. The monoisotopic (exact) mass is 416 g/mol. The standard InChI is InChI=1S/C23H20N4O4/c1-15-4-6-16(7-5-15)24-21(29)14-27-22(30)20(25-23(27)31)13-18-3-2-12-26(18)17-8-10-19(28)11-9-17/h2-13,28H,14H2,1H3,(H,24,29)(H,25,31)/b20-13-. The topological polar surface area (TPSA) is 104 Å². The van der Waals surface area contributed by atoms with Crippen LogP contribution in [-0.4, -0.2) is 39.0 Å². The molecule has 1 fully saturated rings. The van der Waals surface area contributed by atoms with E-state index in [1.165, 1.54) is 0 Å². The van der Waals surface area contributed by atoms with E-state index in [1.54, 1.807) is 65.4 Å². The van der Waals surface area contributed by atoms with Gasteiger partial charge in [-0.15, -0.1) is 0 Å². The van der Waals surface area contributed by atoms with Crippen LogP contribution in [0.4, 0.5) is 10.5 Å². The van der Waals surface area contributed by atoms with E-state index in [4.69, 9.17) is 0 Å². The summed E-state index contributed by atoms with van der Waals surface area (Å²) < 4.78 is 1.80. The second-order valence-corrected chi connectivity index (χ2v) is 7.11. The zero-order chi connectivity index (χ0) is 22.0. The number of nitrogens with one attached hydrogen (secondary N) is 2. The summed E-state index contributed by atoms with van der Waals surface area (Å²) in [5.41, 5.74) is 3.15. The Morgan fingerprint density at radius 1 is 1.06 bits per heavy atom. The lowest BCUT2D eigenvalue weighted by Crippen LogP contribution is -2.38. The van der Waals surface area contributed by atoms with Crippen LogP contribution in [-0.2, 0) is 9.59 Å². The molecule has 1 saturated heterocycles. The number of aromatic hydroxyl groups is 1. The average molecular weight is 416 g/mol. The highest BCUT2D eigenvalue weighted by molar-refractivity contribution is 6.15. The van der Waals surface area contributed by atoms with Crippen molar-refractivity contribution in [2.45, 2.75) is 6.92 Å². The van der Waals surface area contributed by atoms with Crippen LogP contribution in [0.5, 0.6) is 5.75 Å². The number of hydrogen-bond donors (Lipinski definition) is 3. The zero-order valence-electron chi connectivity index (χ0n) is 16.7. The molecule has 0 radical (unpaired) electrons. The number of phenolic OH excluding ortho intramolecular Hbond substituents is 1. The first-order valence-corrected chi connectivity index (χ1v) is 9.58. The number of hydrogen-bond acceptors (Lipinski definition) is 4. The smallest absolute Gasteiger partial charge is 0.329 e. The molecule has 2 heterocycles. The Bertz CT molecular complexity index is 1180. The predicted octanol–water partition coefficient (Wildman–Crippen LogP) is 3.02. The highest BCUT2D eigenvalue weighted by Crippen LogP contribution is 2.20. The molecule has 3 aromatic rings. The number of nitrogens with zero attached hydrogens (tertiary/aromatic N) is 2. The molecule has 4 amide bonds. The van der Waals surface area contributed by atoms with Gasteiger partial charge in [0.15, 0.2) is 0 Å². The fourth-order valence-corrected chi connectivity index (χ4v) is 3.20. The van der Waals surface area contributed by atoms with Crippen LogP contribution in [0.1, 0.15) is 11.3 Å². The normalized spacial score (nSPS) is 14.7. The van der Waals surface area contributed by atoms with Crippen LogP contribution >= 0.6 is 0 Å². The molecule has 156 valence electrons. The van der Waals surface area contributed by atoms with Crippen LogP contribution < -0.4 is 10.6 Å². The van der Waals surface area contributed by atoms with Crippen molar-refractivity contribution in [3.63, 3.8) is 0 Å². The lowest BCUT2D eigenvalue weighted by Gasteiger charge is -2.12. The number of aryl methyl sites for hydroxylation is 1. The molecule has 0 atom stereocenters. The van der Waals surface area contributed by atoms with Gasteiger partial charge in [-0.3, -0.25) is 9.59 Å². The van der Waals surface area contributed by atoms with Gasteiger partial charge in [0.1, 0.15) is 18.0 Å². The maximum atomic E-state index is 12.7. The van der Waals surface area contributed by atoms with E-state index in [9.17, 15) is 19.5 Å². The van der Waals surface area contributed by atoms with Crippen LogP contribution in [0, 0.1) is 6.92 Å². The molecule has 0 bridgehead atoms. The van der Waals surface area contributed by atoms with Gasteiger partial charge in [-0.1, -0.05) is 17.7 Å². The van der Waals surface area contributed by atoms with Crippen LogP contribution in [0.25, 0.3) is 11.8 Å². The number of imide groups is 1. The molecule has 2 aromatic carbocycles. The van der Waals surface area contributed by atoms with Crippen molar-refractivity contribution in [2.75, 3.05) is 11.9 Å². The molecule has 4 rings (SSSR count). The van der Waals surface area contributed by atoms with Crippen LogP contribution in [0.2, 0.25) is 0 Å². The van der Waals surface area contributed by atoms with Crippen molar-refractivity contribution >= 4 is 29.6 Å². The van der Waals surface area contributed by atoms with Gasteiger partial charge in [-0.05, 0) is 61.5 Å². The number of amides is 4. The highest BCUT2D eigenvalue weighted by Gasteiger charge is 2.35. The minimum atomic E-state index is -0.655. The first-order valence-electron chi connectivity index (χ1n) is 9.58. The van der Waals surface area contributed by atoms with Crippen molar-refractivity contribution in [2.24, 2.45) is 0 Å². The molecular formula is C23H20N4O4. The van der Waals surface area contributed by atoms with E-state index >= 15 is 0 Å². The summed E-state index contributed by atoms with van der Waals surface area (Å²) in [5, 5.41) is 14.7. The number of anilines is 1. The Morgan fingerprint density at radius 2 is 1.77 bits per heavy atom. The fourth-order valence-electron chi connectivity index (χ4n) is 3.20. The van der Waals surface area contributed by atoms with E-state index in [-0.39, 0.29) is 11.4 Å². The molecule has 8 heteroatoms. The Balaban J connectivity index is 1.49. The van der Waals surface area contributed by atoms with E-state index in [0.717, 1.165) is 16.2 Å². The third-order valence-electron chi connectivity index (χ3n) is 4.80. The molecule has 1 aromatic heterocycles. The van der Waals surface area contributed by atoms with Crippen LogP contribution in [0.15, 0.2) is 72.6 Å². The first-order chi connectivity index (χ1) is 14.9.